The van der Waals surface area contributed by atoms with Crippen molar-refractivity contribution in [3.05, 3.63) is 63.4 Å². The molecule has 0 saturated carbocycles. The van der Waals surface area contributed by atoms with E-state index in [1.165, 1.54) is 0 Å². The van der Waals surface area contributed by atoms with Crippen molar-refractivity contribution >= 4 is 23.5 Å². The van der Waals surface area contributed by atoms with Gasteiger partial charge in [-0.15, -0.1) is 0 Å². The molecule has 0 aliphatic carbocycles. The molecule has 1 fully saturated rings. The summed E-state index contributed by atoms with van der Waals surface area (Å²) in [5, 5.41) is 0.656. The lowest BCUT2D eigenvalue weighted by Crippen LogP contribution is -2.43. The molecule has 7 heteroatoms. The molecular formula is C24H25ClN2O4. The molecule has 0 N–H and O–H groups in total. The maximum atomic E-state index is 13.1. The normalized spacial score (nSPS) is 20.3. The van der Waals surface area contributed by atoms with Gasteiger partial charge < -0.3 is 14.2 Å². The summed E-state index contributed by atoms with van der Waals surface area (Å²) >= 11 is 5.97. The molecule has 0 spiro atoms. The smallest absolute Gasteiger partial charge is 0.232 e. The van der Waals surface area contributed by atoms with E-state index in [0.29, 0.717) is 35.4 Å². The zero-order valence-electron chi connectivity index (χ0n) is 17.5. The van der Waals surface area contributed by atoms with Crippen LogP contribution in [0.3, 0.4) is 0 Å². The average Bonchev–Trinajstić information content (AvgIpc) is 3.12. The van der Waals surface area contributed by atoms with E-state index in [1.807, 2.05) is 25.1 Å². The summed E-state index contributed by atoms with van der Waals surface area (Å²) in [5.74, 6) is 1.69. The molecule has 5 rings (SSSR count). The highest BCUT2D eigenvalue weighted by Crippen LogP contribution is 2.44. The van der Waals surface area contributed by atoms with E-state index < -0.39 is 0 Å². The van der Waals surface area contributed by atoms with Crippen molar-refractivity contribution in [1.29, 1.82) is 0 Å². The van der Waals surface area contributed by atoms with Gasteiger partial charge in [-0.05, 0) is 42.3 Å². The first-order valence-electron chi connectivity index (χ1n) is 10.6. The number of benzene rings is 2. The van der Waals surface area contributed by atoms with Gasteiger partial charge in [0, 0.05) is 37.7 Å². The number of carbonyl (C=O) groups excluding carboxylic acids is 1. The van der Waals surface area contributed by atoms with Gasteiger partial charge in [0.2, 0.25) is 5.78 Å². The highest BCUT2D eigenvalue weighted by Gasteiger charge is 2.35. The molecule has 0 amide bonds. The number of allylic oxidation sites excluding steroid dienone is 1. The van der Waals surface area contributed by atoms with Crippen LogP contribution >= 0.6 is 11.6 Å². The minimum absolute atomic E-state index is 0.0873. The Morgan fingerprint density at radius 2 is 1.84 bits per heavy atom. The van der Waals surface area contributed by atoms with E-state index in [9.17, 15) is 4.79 Å². The molecule has 0 aromatic heterocycles. The van der Waals surface area contributed by atoms with E-state index in [4.69, 9.17) is 25.8 Å². The van der Waals surface area contributed by atoms with Gasteiger partial charge in [-0.2, -0.15) is 0 Å². The Bertz CT molecular complexity index is 1030. The third-order valence-corrected chi connectivity index (χ3v) is 6.24. The first kappa shape index (κ1) is 20.5. The monoisotopic (exact) mass is 440 g/mol. The number of Topliss-reactive ketones (excluding diaryl/α,β-unsaturated/α-hetero) is 1. The zero-order valence-corrected chi connectivity index (χ0v) is 18.3. The summed E-state index contributed by atoms with van der Waals surface area (Å²) in [4.78, 5) is 17.8. The van der Waals surface area contributed by atoms with E-state index in [-0.39, 0.29) is 5.78 Å². The van der Waals surface area contributed by atoms with E-state index in [1.54, 1.807) is 18.2 Å². The molecule has 0 radical (unpaired) electrons. The maximum Gasteiger partial charge on any atom is 0.232 e. The van der Waals surface area contributed by atoms with Crippen molar-refractivity contribution in [3.63, 3.8) is 0 Å². The Kier molecular flexibility index (Phi) is 5.71. The van der Waals surface area contributed by atoms with Crippen LogP contribution in [0, 0.1) is 6.92 Å². The van der Waals surface area contributed by atoms with Crippen molar-refractivity contribution in [1.82, 2.24) is 9.80 Å². The number of halogens is 1. The average molecular weight is 441 g/mol. The molecule has 1 saturated heterocycles. The predicted molar refractivity (Wildman–Crippen MR) is 119 cm³/mol. The van der Waals surface area contributed by atoms with Crippen LogP contribution < -0.4 is 9.47 Å². The number of morpholine rings is 1. The molecule has 0 unspecified atom stereocenters. The second kappa shape index (κ2) is 8.63. The molecule has 3 heterocycles. The number of fused-ring (bicyclic) bond motifs is 3. The van der Waals surface area contributed by atoms with Gasteiger partial charge in [-0.25, -0.2) is 0 Å². The zero-order chi connectivity index (χ0) is 21.4. The highest BCUT2D eigenvalue weighted by molar-refractivity contribution is 6.30. The summed E-state index contributed by atoms with van der Waals surface area (Å²) in [5.41, 5.74) is 3.33. The Labute approximate surface area is 186 Å². The summed E-state index contributed by atoms with van der Waals surface area (Å²) in [6.07, 6.45) is 1.77. The first-order valence-corrected chi connectivity index (χ1v) is 11.0. The van der Waals surface area contributed by atoms with Crippen LogP contribution in [0.15, 0.2) is 36.1 Å². The number of hydrogen-bond donors (Lipinski definition) is 0. The minimum Gasteiger partial charge on any atom is -0.478 e. The van der Waals surface area contributed by atoms with Crippen LogP contribution in [0.2, 0.25) is 5.02 Å². The second-order valence-electron chi connectivity index (χ2n) is 8.15. The Morgan fingerprint density at radius 1 is 1.10 bits per heavy atom. The molecule has 0 bridgehead atoms. The van der Waals surface area contributed by atoms with Gasteiger partial charge in [-0.3, -0.25) is 14.6 Å². The Hall–Kier alpha value is -2.38. The molecule has 2 aromatic rings. The summed E-state index contributed by atoms with van der Waals surface area (Å²) in [6.45, 7) is 8.56. The quantitative estimate of drug-likeness (QED) is 0.675. The lowest BCUT2D eigenvalue weighted by molar-refractivity contribution is 0.0239. The molecular weight excluding hydrogens is 416 g/mol. The molecule has 31 heavy (non-hydrogen) atoms. The van der Waals surface area contributed by atoms with Gasteiger partial charge in [0.05, 0.1) is 24.3 Å². The summed E-state index contributed by atoms with van der Waals surface area (Å²) in [7, 11) is 0. The van der Waals surface area contributed by atoms with Crippen molar-refractivity contribution < 1.29 is 19.0 Å². The SMILES string of the molecule is Cc1cc2c(c3c1C(=O)/C(=C/c1ccc(Cl)cc1)O3)CN(CCN1CCOCC1)CO2. The standard InChI is InChI=1S/C24H25ClN2O4/c1-16-12-20-19(14-27(15-30-20)7-6-26-8-10-29-11-9-26)24-22(16)23(28)21(31-24)13-17-2-4-18(25)5-3-17/h2-5,12-13H,6-11,14-15H2,1H3/b21-13-. The van der Waals surface area contributed by atoms with Crippen molar-refractivity contribution in [2.45, 2.75) is 13.5 Å². The van der Waals surface area contributed by atoms with Crippen LogP contribution in [0.1, 0.15) is 27.0 Å². The minimum atomic E-state index is -0.0873. The number of ketones is 1. The van der Waals surface area contributed by atoms with E-state index in [2.05, 4.69) is 9.80 Å². The Balaban J connectivity index is 1.37. The number of nitrogens with zero attached hydrogens (tertiary/aromatic N) is 2. The molecule has 162 valence electrons. The number of ether oxygens (including phenoxy) is 3. The van der Waals surface area contributed by atoms with Gasteiger partial charge in [0.25, 0.3) is 0 Å². The predicted octanol–water partition coefficient (Wildman–Crippen LogP) is 3.75. The first-order chi connectivity index (χ1) is 15.1. The fourth-order valence-corrected chi connectivity index (χ4v) is 4.36. The molecule has 3 aliphatic heterocycles. The van der Waals surface area contributed by atoms with Crippen LogP contribution in [0.5, 0.6) is 11.5 Å². The fraction of sp³-hybridized carbons (Fsp3) is 0.375. The summed E-state index contributed by atoms with van der Waals surface area (Å²) < 4.78 is 17.6. The maximum absolute atomic E-state index is 13.1. The summed E-state index contributed by atoms with van der Waals surface area (Å²) in [6, 6.07) is 9.29. The lowest BCUT2D eigenvalue weighted by Gasteiger charge is -2.33. The van der Waals surface area contributed by atoms with Crippen LogP contribution in [0.25, 0.3) is 6.08 Å². The number of aryl methyl sites for hydroxylation is 1. The molecule has 2 aromatic carbocycles. The second-order valence-corrected chi connectivity index (χ2v) is 8.58. The largest absolute Gasteiger partial charge is 0.478 e. The molecule has 3 aliphatic rings. The van der Waals surface area contributed by atoms with Crippen LogP contribution in [0.4, 0.5) is 0 Å². The topological polar surface area (TPSA) is 51.2 Å². The van der Waals surface area contributed by atoms with Gasteiger partial charge in [0.15, 0.2) is 5.76 Å². The van der Waals surface area contributed by atoms with Gasteiger partial charge >= 0.3 is 0 Å². The van der Waals surface area contributed by atoms with Crippen LogP contribution in [-0.4, -0.2) is 61.7 Å². The highest BCUT2D eigenvalue weighted by atomic mass is 35.5. The molecule has 0 atom stereocenters. The van der Waals surface area contributed by atoms with Crippen molar-refractivity contribution in [3.8, 4) is 11.5 Å². The van der Waals surface area contributed by atoms with E-state index >= 15 is 0 Å². The van der Waals surface area contributed by atoms with Crippen molar-refractivity contribution in [2.75, 3.05) is 46.1 Å². The molecule has 6 nitrogen and oxygen atoms in total. The third kappa shape index (κ3) is 4.21. The number of carbonyl (C=O) groups is 1. The fourth-order valence-electron chi connectivity index (χ4n) is 4.24. The lowest BCUT2D eigenvalue weighted by atomic mass is 9.98. The van der Waals surface area contributed by atoms with Gasteiger partial charge in [0.1, 0.15) is 18.2 Å². The number of hydrogen-bond acceptors (Lipinski definition) is 6. The van der Waals surface area contributed by atoms with Crippen LogP contribution in [-0.2, 0) is 11.3 Å². The van der Waals surface area contributed by atoms with Crippen molar-refractivity contribution in [2.24, 2.45) is 0 Å². The third-order valence-electron chi connectivity index (χ3n) is 5.99. The van der Waals surface area contributed by atoms with Gasteiger partial charge in [-0.1, -0.05) is 23.7 Å². The Morgan fingerprint density at radius 3 is 2.61 bits per heavy atom. The number of rotatable bonds is 4. The van der Waals surface area contributed by atoms with E-state index in [0.717, 1.165) is 61.8 Å².